The van der Waals surface area contributed by atoms with Crippen LogP contribution in [0.1, 0.15) is 25.7 Å². The van der Waals surface area contributed by atoms with Crippen LogP contribution in [0.4, 0.5) is 0 Å². The van der Waals surface area contributed by atoms with Crippen molar-refractivity contribution in [3.63, 3.8) is 0 Å². The maximum atomic E-state index is 11.5. The second kappa shape index (κ2) is 3.31. The van der Waals surface area contributed by atoms with Crippen LogP contribution in [0.25, 0.3) is 0 Å². The summed E-state index contributed by atoms with van der Waals surface area (Å²) in [6.07, 6.45) is 4.00. The smallest absolute Gasteiger partial charge is 0.146 e. The lowest BCUT2D eigenvalue weighted by Gasteiger charge is -2.43. The van der Waals surface area contributed by atoms with Crippen molar-refractivity contribution in [2.24, 2.45) is 5.92 Å². The highest BCUT2D eigenvalue weighted by Crippen LogP contribution is 2.42. The molecule has 0 aromatic heterocycles. The average molecular weight is 194 g/mol. The van der Waals surface area contributed by atoms with E-state index in [-0.39, 0.29) is 17.5 Å². The van der Waals surface area contributed by atoms with Crippen molar-refractivity contribution in [1.29, 1.82) is 0 Å². The largest absolute Gasteiger partial charge is 0.370 e. The van der Waals surface area contributed by atoms with Gasteiger partial charge in [-0.25, -0.2) is 0 Å². The lowest BCUT2D eigenvalue weighted by atomic mass is 9.66. The third-order valence-electron chi connectivity index (χ3n) is 3.17. The van der Waals surface area contributed by atoms with E-state index >= 15 is 0 Å². The van der Waals surface area contributed by atoms with Gasteiger partial charge in [0.1, 0.15) is 11.6 Å². The molecule has 0 unspecified atom stereocenters. The van der Waals surface area contributed by atoms with Crippen LogP contribution in [-0.4, -0.2) is 23.8 Å². The molecule has 14 heavy (non-hydrogen) atoms. The van der Waals surface area contributed by atoms with Gasteiger partial charge in [-0.15, -0.1) is 6.58 Å². The Balaban J connectivity index is 2.14. The fourth-order valence-corrected chi connectivity index (χ4v) is 2.44. The Morgan fingerprint density at radius 1 is 1.43 bits per heavy atom. The average Bonchev–Trinajstić information content (AvgIpc) is 2.15. The number of ether oxygens (including phenoxy) is 1. The maximum Gasteiger partial charge on any atom is 0.146 e. The van der Waals surface area contributed by atoms with Gasteiger partial charge in [0.05, 0.1) is 18.1 Å². The van der Waals surface area contributed by atoms with Crippen molar-refractivity contribution in [1.82, 2.24) is 0 Å². The number of hydrogen-bond acceptors (Lipinski definition) is 3. The Bertz CT molecular complexity index is 275. The predicted molar refractivity (Wildman–Crippen MR) is 50.9 cm³/mol. The standard InChI is InChI=1S/C11H14O3/c1-2-5-14-11-4-3-8(9(12)6-11)10(13)7-11/h2,8H,1,3-7H2. The van der Waals surface area contributed by atoms with Crippen LogP contribution in [0.2, 0.25) is 0 Å². The molecule has 3 heteroatoms. The molecule has 3 fully saturated rings. The highest BCUT2D eigenvalue weighted by atomic mass is 16.5. The number of ketones is 2. The Morgan fingerprint density at radius 3 is 2.57 bits per heavy atom. The summed E-state index contributed by atoms with van der Waals surface area (Å²) in [6, 6.07) is 0. The van der Waals surface area contributed by atoms with Crippen LogP contribution in [0.5, 0.6) is 0 Å². The van der Waals surface area contributed by atoms with Gasteiger partial charge in [-0.3, -0.25) is 9.59 Å². The summed E-state index contributed by atoms with van der Waals surface area (Å²) < 4.78 is 5.59. The van der Waals surface area contributed by atoms with E-state index in [2.05, 4.69) is 6.58 Å². The van der Waals surface area contributed by atoms with E-state index in [0.29, 0.717) is 25.9 Å². The number of Topliss-reactive ketones (excluding diaryl/α,β-unsaturated/α-hetero) is 2. The van der Waals surface area contributed by atoms with Gasteiger partial charge < -0.3 is 4.74 Å². The van der Waals surface area contributed by atoms with Gasteiger partial charge in [0.2, 0.25) is 0 Å². The van der Waals surface area contributed by atoms with Gasteiger partial charge in [-0.2, -0.15) is 0 Å². The Labute approximate surface area is 83.1 Å². The maximum absolute atomic E-state index is 11.5. The second-order valence-electron chi connectivity index (χ2n) is 4.16. The summed E-state index contributed by atoms with van der Waals surface area (Å²) in [5, 5.41) is 0. The fraction of sp³-hybridized carbons (Fsp3) is 0.636. The zero-order valence-corrected chi connectivity index (χ0v) is 8.12. The SMILES string of the molecule is C=CCOC12CCC(C(=O)C1)C(=O)C2. The lowest BCUT2D eigenvalue weighted by Crippen LogP contribution is -2.52. The molecular formula is C11H14O3. The van der Waals surface area contributed by atoms with Gasteiger partial charge in [0.25, 0.3) is 0 Å². The van der Waals surface area contributed by atoms with E-state index < -0.39 is 5.60 Å². The molecule has 0 saturated heterocycles. The van der Waals surface area contributed by atoms with E-state index in [1.807, 2.05) is 0 Å². The quantitative estimate of drug-likeness (QED) is 0.502. The Morgan fingerprint density at radius 2 is 2.07 bits per heavy atom. The molecule has 0 N–H and O–H groups in total. The van der Waals surface area contributed by atoms with Gasteiger partial charge in [0, 0.05) is 12.8 Å². The molecule has 2 bridgehead atoms. The molecule has 0 amide bonds. The Kier molecular flexibility index (Phi) is 2.27. The van der Waals surface area contributed by atoms with Gasteiger partial charge in [-0.1, -0.05) is 6.08 Å². The monoisotopic (exact) mass is 194 g/mol. The summed E-state index contributed by atoms with van der Waals surface area (Å²) in [5.74, 6) is -0.183. The summed E-state index contributed by atoms with van der Waals surface area (Å²) >= 11 is 0. The van der Waals surface area contributed by atoms with Crippen molar-refractivity contribution in [3.8, 4) is 0 Å². The first-order valence-corrected chi connectivity index (χ1v) is 4.97. The molecule has 3 saturated carbocycles. The van der Waals surface area contributed by atoms with E-state index in [4.69, 9.17) is 4.74 Å². The summed E-state index contributed by atoms with van der Waals surface area (Å²) in [7, 11) is 0. The van der Waals surface area contributed by atoms with Crippen LogP contribution in [-0.2, 0) is 14.3 Å². The van der Waals surface area contributed by atoms with Gasteiger partial charge in [-0.05, 0) is 12.8 Å². The fourth-order valence-electron chi connectivity index (χ4n) is 2.44. The number of carbonyl (C=O) groups is 2. The van der Waals surface area contributed by atoms with Crippen LogP contribution in [0.15, 0.2) is 12.7 Å². The highest BCUT2D eigenvalue weighted by Gasteiger charge is 2.50. The molecule has 3 rings (SSSR count). The molecule has 0 aromatic carbocycles. The molecule has 3 nitrogen and oxygen atoms in total. The highest BCUT2D eigenvalue weighted by molar-refractivity contribution is 6.06. The lowest BCUT2D eigenvalue weighted by molar-refractivity contribution is -0.159. The minimum atomic E-state index is -0.489. The first kappa shape index (κ1) is 9.59. The number of fused-ring (bicyclic) bond motifs is 3. The molecule has 0 aromatic rings. The minimum absolute atomic E-state index is 0.0663. The van der Waals surface area contributed by atoms with Crippen LogP contribution in [0, 0.1) is 5.92 Å². The molecule has 0 aliphatic heterocycles. The van der Waals surface area contributed by atoms with Crippen molar-refractivity contribution < 1.29 is 14.3 Å². The van der Waals surface area contributed by atoms with E-state index in [0.717, 1.165) is 6.42 Å². The third kappa shape index (κ3) is 1.42. The zero-order valence-electron chi connectivity index (χ0n) is 8.12. The number of carbonyl (C=O) groups excluding carboxylic acids is 2. The van der Waals surface area contributed by atoms with Gasteiger partial charge >= 0.3 is 0 Å². The minimum Gasteiger partial charge on any atom is -0.370 e. The first-order chi connectivity index (χ1) is 6.67. The van der Waals surface area contributed by atoms with Gasteiger partial charge in [0.15, 0.2) is 0 Å². The predicted octanol–water partition coefficient (Wildman–Crippen LogP) is 1.27. The van der Waals surface area contributed by atoms with E-state index in [1.165, 1.54) is 0 Å². The van der Waals surface area contributed by atoms with E-state index in [9.17, 15) is 9.59 Å². The Hall–Kier alpha value is -0.960. The van der Waals surface area contributed by atoms with Crippen LogP contribution < -0.4 is 0 Å². The second-order valence-corrected chi connectivity index (χ2v) is 4.16. The van der Waals surface area contributed by atoms with Crippen LogP contribution >= 0.6 is 0 Å². The summed E-state index contributed by atoms with van der Waals surface area (Å²) in [5.41, 5.74) is -0.489. The van der Waals surface area contributed by atoms with Crippen LogP contribution in [0.3, 0.4) is 0 Å². The van der Waals surface area contributed by atoms with Crippen molar-refractivity contribution in [2.75, 3.05) is 6.61 Å². The molecule has 3 aliphatic rings. The third-order valence-corrected chi connectivity index (χ3v) is 3.17. The summed E-state index contributed by atoms with van der Waals surface area (Å²) in [6.45, 7) is 3.99. The molecule has 76 valence electrons. The number of rotatable bonds is 3. The van der Waals surface area contributed by atoms with Crippen molar-refractivity contribution in [2.45, 2.75) is 31.3 Å². The normalized spacial score (nSPS) is 36.1. The molecule has 0 heterocycles. The van der Waals surface area contributed by atoms with E-state index in [1.54, 1.807) is 6.08 Å². The molecule has 0 spiro atoms. The molecule has 0 radical (unpaired) electrons. The topological polar surface area (TPSA) is 43.4 Å². The first-order valence-electron chi connectivity index (χ1n) is 4.97. The molecule has 0 atom stereocenters. The van der Waals surface area contributed by atoms with Crippen molar-refractivity contribution in [3.05, 3.63) is 12.7 Å². The van der Waals surface area contributed by atoms with Crippen molar-refractivity contribution >= 4 is 11.6 Å². The molecule has 3 aliphatic carbocycles. The zero-order chi connectivity index (χ0) is 10.2. The summed E-state index contributed by atoms with van der Waals surface area (Å²) in [4.78, 5) is 23.0. The molecular weight excluding hydrogens is 180 g/mol. The number of hydrogen-bond donors (Lipinski definition) is 0.